The minimum Gasteiger partial charge on any atom is -0.478 e. The number of carboxylic acid groups (broad SMARTS) is 1. The molecule has 0 amide bonds. The van der Waals surface area contributed by atoms with Gasteiger partial charge < -0.3 is 5.11 Å². The molecule has 2 rings (SSSR count). The predicted molar refractivity (Wildman–Crippen MR) is 71.8 cm³/mol. The van der Waals surface area contributed by atoms with Gasteiger partial charge in [-0.1, -0.05) is 23.8 Å². The molecule has 0 spiro atoms. The maximum atomic E-state index is 12.2. The van der Waals surface area contributed by atoms with Crippen molar-refractivity contribution in [3.63, 3.8) is 0 Å². The highest BCUT2D eigenvalue weighted by Gasteiger charge is 2.22. The molecule has 7 heteroatoms. The topological polar surface area (TPSA) is 92.7 Å². The quantitative estimate of drug-likeness (QED) is 0.809. The van der Waals surface area contributed by atoms with Crippen LogP contribution in [0.1, 0.15) is 41.6 Å². The SMILES string of the molecule is Cc1ccc(C(=O)O)cc1S(=O)(=O)NOC1CCCC1. The molecule has 1 saturated carbocycles. The van der Waals surface area contributed by atoms with Crippen molar-refractivity contribution in [2.24, 2.45) is 0 Å². The molecule has 0 unspecified atom stereocenters. The highest BCUT2D eigenvalue weighted by Crippen LogP contribution is 2.22. The number of hydrogen-bond donors (Lipinski definition) is 2. The molecule has 110 valence electrons. The first-order valence-corrected chi connectivity index (χ1v) is 7.90. The van der Waals surface area contributed by atoms with Crippen molar-refractivity contribution in [2.75, 3.05) is 0 Å². The summed E-state index contributed by atoms with van der Waals surface area (Å²) in [5.41, 5.74) is 0.398. The van der Waals surface area contributed by atoms with Gasteiger partial charge in [0.1, 0.15) is 0 Å². The molecular weight excluding hydrogens is 282 g/mol. The summed E-state index contributed by atoms with van der Waals surface area (Å²) in [6.45, 7) is 1.61. The van der Waals surface area contributed by atoms with Crippen molar-refractivity contribution in [2.45, 2.75) is 43.6 Å². The molecule has 0 heterocycles. The zero-order valence-electron chi connectivity index (χ0n) is 11.1. The van der Waals surface area contributed by atoms with Crippen LogP contribution in [0.15, 0.2) is 23.1 Å². The van der Waals surface area contributed by atoms with Crippen molar-refractivity contribution in [1.29, 1.82) is 0 Å². The van der Waals surface area contributed by atoms with Gasteiger partial charge in [-0.05, 0) is 37.5 Å². The first kappa shape index (κ1) is 15.0. The summed E-state index contributed by atoms with van der Waals surface area (Å²) >= 11 is 0. The highest BCUT2D eigenvalue weighted by atomic mass is 32.2. The van der Waals surface area contributed by atoms with Crippen LogP contribution >= 0.6 is 0 Å². The first-order chi connectivity index (χ1) is 9.40. The van der Waals surface area contributed by atoms with Crippen molar-refractivity contribution < 1.29 is 23.2 Å². The van der Waals surface area contributed by atoms with Crippen LogP contribution < -0.4 is 4.89 Å². The van der Waals surface area contributed by atoms with Gasteiger partial charge >= 0.3 is 5.97 Å². The summed E-state index contributed by atoms with van der Waals surface area (Å²) in [5, 5.41) is 8.92. The molecule has 1 fully saturated rings. The van der Waals surface area contributed by atoms with Crippen molar-refractivity contribution >= 4 is 16.0 Å². The van der Waals surface area contributed by atoms with Crippen LogP contribution in [0, 0.1) is 6.92 Å². The zero-order chi connectivity index (χ0) is 14.8. The molecule has 0 bridgehead atoms. The Morgan fingerprint density at radius 1 is 1.35 bits per heavy atom. The van der Waals surface area contributed by atoms with Gasteiger partial charge in [-0.2, -0.15) is 0 Å². The number of carboxylic acids is 1. The van der Waals surface area contributed by atoms with E-state index in [9.17, 15) is 13.2 Å². The molecule has 1 aromatic rings. The Balaban J connectivity index is 2.19. The van der Waals surface area contributed by atoms with E-state index < -0.39 is 16.0 Å². The normalized spacial score (nSPS) is 16.4. The third-order valence-electron chi connectivity index (χ3n) is 3.35. The zero-order valence-corrected chi connectivity index (χ0v) is 11.9. The molecule has 1 aliphatic carbocycles. The lowest BCUT2D eigenvalue weighted by molar-refractivity contribution is 0.0223. The van der Waals surface area contributed by atoms with E-state index in [1.807, 2.05) is 0 Å². The number of aromatic carboxylic acids is 1. The average molecular weight is 299 g/mol. The lowest BCUT2D eigenvalue weighted by Crippen LogP contribution is -2.29. The number of benzene rings is 1. The summed E-state index contributed by atoms with van der Waals surface area (Å²) in [7, 11) is -3.87. The molecule has 0 radical (unpaired) electrons. The van der Waals surface area contributed by atoms with Gasteiger partial charge in [0.2, 0.25) is 0 Å². The third kappa shape index (κ3) is 3.36. The Bertz CT molecular complexity index is 605. The molecule has 0 saturated heterocycles. The number of nitrogens with one attached hydrogen (secondary N) is 1. The molecular formula is C13H17NO5S. The lowest BCUT2D eigenvalue weighted by atomic mass is 10.1. The second-order valence-corrected chi connectivity index (χ2v) is 6.51. The van der Waals surface area contributed by atoms with E-state index >= 15 is 0 Å². The van der Waals surface area contributed by atoms with Gasteiger partial charge in [-0.15, -0.1) is 0 Å². The molecule has 6 nitrogen and oxygen atoms in total. The minimum atomic E-state index is -3.87. The van der Waals surface area contributed by atoms with Crippen molar-refractivity contribution in [3.05, 3.63) is 29.3 Å². The number of aryl methyl sites for hydroxylation is 1. The van der Waals surface area contributed by atoms with Gasteiger partial charge in [-0.25, -0.2) is 13.2 Å². The lowest BCUT2D eigenvalue weighted by Gasteiger charge is -2.13. The fraction of sp³-hybridized carbons (Fsp3) is 0.462. The van der Waals surface area contributed by atoms with E-state index in [0.717, 1.165) is 31.7 Å². The monoisotopic (exact) mass is 299 g/mol. The maximum Gasteiger partial charge on any atom is 0.335 e. The van der Waals surface area contributed by atoms with E-state index in [-0.39, 0.29) is 16.6 Å². The minimum absolute atomic E-state index is 0.0724. The third-order valence-corrected chi connectivity index (χ3v) is 4.69. The molecule has 20 heavy (non-hydrogen) atoms. The van der Waals surface area contributed by atoms with Gasteiger partial charge in [0.15, 0.2) is 0 Å². The fourth-order valence-corrected chi connectivity index (χ4v) is 3.33. The molecule has 0 atom stereocenters. The molecule has 0 aliphatic heterocycles. The van der Waals surface area contributed by atoms with Gasteiger partial charge in [-0.3, -0.25) is 4.84 Å². The second kappa shape index (κ2) is 5.90. The van der Waals surface area contributed by atoms with Gasteiger partial charge in [0.25, 0.3) is 10.0 Å². The Kier molecular flexibility index (Phi) is 4.42. The molecule has 2 N–H and O–H groups in total. The fourth-order valence-electron chi connectivity index (χ4n) is 2.21. The van der Waals surface area contributed by atoms with E-state index in [1.54, 1.807) is 6.92 Å². The standard InChI is InChI=1S/C13H17NO5S/c1-9-6-7-10(13(15)16)8-12(9)20(17,18)14-19-11-4-2-3-5-11/h6-8,11,14H,2-5H2,1H3,(H,15,16). The first-order valence-electron chi connectivity index (χ1n) is 6.41. The summed E-state index contributed by atoms with van der Waals surface area (Å²) < 4.78 is 24.3. The van der Waals surface area contributed by atoms with Crippen LogP contribution in [0.3, 0.4) is 0 Å². The number of hydrogen-bond acceptors (Lipinski definition) is 4. The second-order valence-electron chi connectivity index (χ2n) is 4.90. The largest absolute Gasteiger partial charge is 0.478 e. The number of rotatable bonds is 5. The smallest absolute Gasteiger partial charge is 0.335 e. The average Bonchev–Trinajstić information content (AvgIpc) is 2.89. The molecule has 1 aromatic carbocycles. The Hall–Kier alpha value is -1.44. The number of sulfonamides is 1. The Labute approximate surface area is 117 Å². The van der Waals surface area contributed by atoms with E-state index in [0.29, 0.717) is 5.56 Å². The van der Waals surface area contributed by atoms with Crippen LogP contribution in [-0.2, 0) is 14.9 Å². The van der Waals surface area contributed by atoms with Gasteiger partial charge in [0, 0.05) is 0 Å². The Morgan fingerprint density at radius 2 is 2.00 bits per heavy atom. The summed E-state index contributed by atoms with van der Waals surface area (Å²) in [6, 6.07) is 3.97. The van der Waals surface area contributed by atoms with Crippen LogP contribution in [0.5, 0.6) is 0 Å². The molecule has 1 aliphatic rings. The number of carbonyl (C=O) groups is 1. The molecule has 0 aromatic heterocycles. The summed E-state index contributed by atoms with van der Waals surface area (Å²) in [5.74, 6) is -1.17. The van der Waals surface area contributed by atoms with Gasteiger partial charge in [0.05, 0.1) is 16.6 Å². The summed E-state index contributed by atoms with van der Waals surface area (Å²) in [4.78, 5) is 18.1. The predicted octanol–water partition coefficient (Wildman–Crippen LogP) is 1.85. The van der Waals surface area contributed by atoms with Crippen LogP contribution in [0.25, 0.3) is 0 Å². The summed E-state index contributed by atoms with van der Waals surface area (Å²) in [6.07, 6.45) is 3.61. The van der Waals surface area contributed by atoms with Crippen molar-refractivity contribution in [1.82, 2.24) is 4.89 Å². The maximum absolute atomic E-state index is 12.2. The van der Waals surface area contributed by atoms with E-state index in [2.05, 4.69) is 4.89 Å². The van der Waals surface area contributed by atoms with Crippen molar-refractivity contribution in [3.8, 4) is 0 Å². The van der Waals surface area contributed by atoms with E-state index in [1.165, 1.54) is 12.1 Å². The van der Waals surface area contributed by atoms with Crippen LogP contribution in [-0.4, -0.2) is 25.6 Å². The highest BCUT2D eigenvalue weighted by molar-refractivity contribution is 7.89. The van der Waals surface area contributed by atoms with E-state index in [4.69, 9.17) is 9.94 Å². The van der Waals surface area contributed by atoms with Crippen LogP contribution in [0.2, 0.25) is 0 Å². The Morgan fingerprint density at radius 3 is 2.60 bits per heavy atom. The van der Waals surface area contributed by atoms with Crippen LogP contribution in [0.4, 0.5) is 0 Å².